The highest BCUT2D eigenvalue weighted by Gasteiger charge is 2.26. The van der Waals surface area contributed by atoms with E-state index in [4.69, 9.17) is 18.9 Å². The zero-order valence-corrected chi connectivity index (χ0v) is 20.3. The number of hydrogen-bond acceptors (Lipinski definition) is 6. The Morgan fingerprint density at radius 1 is 0.794 bits per heavy atom. The molecule has 1 aliphatic heterocycles. The lowest BCUT2D eigenvalue weighted by Crippen LogP contribution is -2.33. The van der Waals surface area contributed by atoms with Gasteiger partial charge in [0.1, 0.15) is 12.4 Å². The predicted molar refractivity (Wildman–Crippen MR) is 134 cm³/mol. The van der Waals surface area contributed by atoms with Crippen molar-refractivity contribution in [1.29, 1.82) is 0 Å². The number of ether oxygens (including phenoxy) is 4. The van der Waals surface area contributed by atoms with E-state index >= 15 is 0 Å². The number of methoxy groups -OCH3 is 3. The Morgan fingerprint density at radius 2 is 1.50 bits per heavy atom. The lowest BCUT2D eigenvalue weighted by molar-refractivity contribution is 0.239. The monoisotopic (exact) mass is 462 g/mol. The van der Waals surface area contributed by atoms with Crippen LogP contribution >= 0.6 is 0 Å². The van der Waals surface area contributed by atoms with Crippen LogP contribution in [-0.2, 0) is 6.61 Å². The lowest BCUT2D eigenvalue weighted by atomic mass is 9.95. The minimum Gasteiger partial charge on any atom is -0.493 e. The van der Waals surface area contributed by atoms with E-state index in [1.807, 2.05) is 18.2 Å². The van der Waals surface area contributed by atoms with E-state index in [9.17, 15) is 0 Å². The maximum Gasteiger partial charge on any atom is 0.203 e. The quantitative estimate of drug-likeness (QED) is 0.499. The molecular weight excluding hydrogens is 428 g/mol. The van der Waals surface area contributed by atoms with Gasteiger partial charge in [0.15, 0.2) is 11.5 Å². The lowest BCUT2D eigenvalue weighted by Gasteiger charge is -2.32. The second-order valence-corrected chi connectivity index (χ2v) is 8.34. The third-order valence-electron chi connectivity index (χ3n) is 6.19. The average molecular weight is 463 g/mol. The summed E-state index contributed by atoms with van der Waals surface area (Å²) in [5.74, 6) is 2.79. The van der Waals surface area contributed by atoms with Crippen LogP contribution in [0.2, 0.25) is 0 Å². The molecule has 0 spiro atoms. The van der Waals surface area contributed by atoms with Gasteiger partial charge in [0.05, 0.1) is 27.4 Å². The van der Waals surface area contributed by atoms with Crippen molar-refractivity contribution in [2.24, 2.45) is 0 Å². The first-order valence-electron chi connectivity index (χ1n) is 11.7. The van der Waals surface area contributed by atoms with Crippen LogP contribution in [0.3, 0.4) is 0 Å². The number of hydrogen-bond donors (Lipinski definition) is 1. The molecule has 3 aromatic rings. The van der Waals surface area contributed by atoms with Gasteiger partial charge in [0, 0.05) is 19.6 Å². The number of rotatable bonds is 9. The molecule has 1 atom stereocenters. The molecule has 0 aromatic heterocycles. The molecule has 1 unspecified atom stereocenters. The molecule has 34 heavy (non-hydrogen) atoms. The minimum absolute atomic E-state index is 0.0526. The molecule has 1 aliphatic rings. The van der Waals surface area contributed by atoms with Crippen molar-refractivity contribution in [3.8, 4) is 23.0 Å². The first-order valence-corrected chi connectivity index (χ1v) is 11.7. The van der Waals surface area contributed by atoms with Gasteiger partial charge in [-0.05, 0) is 53.9 Å². The Labute approximate surface area is 202 Å². The fourth-order valence-corrected chi connectivity index (χ4v) is 4.49. The molecule has 0 aliphatic carbocycles. The largest absolute Gasteiger partial charge is 0.493 e. The van der Waals surface area contributed by atoms with Crippen molar-refractivity contribution < 1.29 is 18.9 Å². The number of nitrogens with one attached hydrogen (secondary N) is 1. The molecule has 0 bridgehead atoms. The SMILES string of the molecule is COc1cc(C(c2ccc(OCc3ccccc3)cc2)N2CCCNCC2)cc(OC)c1OC. The van der Waals surface area contributed by atoms with Crippen LogP contribution in [0, 0.1) is 0 Å². The van der Waals surface area contributed by atoms with Gasteiger partial charge >= 0.3 is 0 Å². The van der Waals surface area contributed by atoms with Gasteiger partial charge in [0.2, 0.25) is 5.75 Å². The highest BCUT2D eigenvalue weighted by molar-refractivity contribution is 5.55. The molecular formula is C28H34N2O4. The predicted octanol–water partition coefficient (Wildman–Crippen LogP) is 4.68. The van der Waals surface area contributed by atoms with Crippen molar-refractivity contribution in [3.05, 3.63) is 83.4 Å². The van der Waals surface area contributed by atoms with Gasteiger partial charge in [0.25, 0.3) is 0 Å². The molecule has 4 rings (SSSR count). The van der Waals surface area contributed by atoms with Crippen molar-refractivity contribution in [2.45, 2.75) is 19.1 Å². The number of benzene rings is 3. The van der Waals surface area contributed by atoms with Crippen molar-refractivity contribution in [2.75, 3.05) is 47.5 Å². The van der Waals surface area contributed by atoms with E-state index in [1.54, 1.807) is 21.3 Å². The first-order chi connectivity index (χ1) is 16.7. The summed E-state index contributed by atoms with van der Waals surface area (Å²) >= 11 is 0. The third kappa shape index (κ3) is 5.64. The molecule has 0 saturated carbocycles. The Morgan fingerprint density at radius 3 is 2.15 bits per heavy atom. The van der Waals surface area contributed by atoms with Gasteiger partial charge in [-0.25, -0.2) is 0 Å². The molecule has 6 nitrogen and oxygen atoms in total. The second-order valence-electron chi connectivity index (χ2n) is 8.34. The maximum atomic E-state index is 6.02. The maximum absolute atomic E-state index is 6.02. The summed E-state index contributed by atoms with van der Waals surface area (Å²) in [6.07, 6.45) is 1.10. The highest BCUT2D eigenvalue weighted by atomic mass is 16.5. The van der Waals surface area contributed by atoms with Gasteiger partial charge < -0.3 is 24.3 Å². The van der Waals surface area contributed by atoms with E-state index in [1.165, 1.54) is 5.56 Å². The van der Waals surface area contributed by atoms with Crippen molar-refractivity contribution in [3.63, 3.8) is 0 Å². The van der Waals surface area contributed by atoms with Crippen LogP contribution in [0.4, 0.5) is 0 Å². The van der Waals surface area contributed by atoms with Gasteiger partial charge in [-0.1, -0.05) is 42.5 Å². The summed E-state index contributed by atoms with van der Waals surface area (Å²) in [6.45, 7) is 4.49. The fourth-order valence-electron chi connectivity index (χ4n) is 4.49. The molecule has 0 radical (unpaired) electrons. The molecule has 1 saturated heterocycles. The van der Waals surface area contributed by atoms with Crippen LogP contribution in [0.1, 0.15) is 29.2 Å². The molecule has 180 valence electrons. The first kappa shape index (κ1) is 23.9. The Bertz CT molecular complexity index is 1010. The summed E-state index contributed by atoms with van der Waals surface area (Å²) in [7, 11) is 4.95. The van der Waals surface area contributed by atoms with E-state index in [-0.39, 0.29) is 6.04 Å². The smallest absolute Gasteiger partial charge is 0.203 e. The zero-order valence-electron chi connectivity index (χ0n) is 20.3. The molecule has 3 aromatic carbocycles. The zero-order chi connectivity index (χ0) is 23.8. The topological polar surface area (TPSA) is 52.2 Å². The average Bonchev–Trinajstić information content (AvgIpc) is 3.17. The standard InChI is InChI=1S/C28H34N2O4/c1-31-25-18-23(19-26(32-2)28(25)33-3)27(30-16-7-14-29-15-17-30)22-10-12-24(13-11-22)34-20-21-8-5-4-6-9-21/h4-6,8-13,18-19,27,29H,7,14-17,20H2,1-3H3. The van der Waals surface area contributed by atoms with Gasteiger partial charge in [-0.3, -0.25) is 4.90 Å². The molecule has 1 heterocycles. The van der Waals surface area contributed by atoms with Gasteiger partial charge in [-0.2, -0.15) is 0 Å². The number of nitrogens with zero attached hydrogens (tertiary/aromatic N) is 1. The summed E-state index contributed by atoms with van der Waals surface area (Å²) < 4.78 is 22.9. The molecule has 6 heteroatoms. The van der Waals surface area contributed by atoms with Gasteiger partial charge in [-0.15, -0.1) is 0 Å². The fraction of sp³-hybridized carbons (Fsp3) is 0.357. The highest BCUT2D eigenvalue weighted by Crippen LogP contribution is 2.42. The van der Waals surface area contributed by atoms with E-state index in [0.717, 1.165) is 49.5 Å². The summed E-state index contributed by atoms with van der Waals surface area (Å²) in [5, 5.41) is 3.51. The Balaban J connectivity index is 1.65. The summed E-state index contributed by atoms with van der Waals surface area (Å²) in [5.41, 5.74) is 3.46. The molecule has 0 amide bonds. The van der Waals surface area contributed by atoms with Crippen molar-refractivity contribution >= 4 is 0 Å². The van der Waals surface area contributed by atoms with Crippen LogP contribution < -0.4 is 24.3 Å². The molecule has 1 N–H and O–H groups in total. The second kappa shape index (κ2) is 11.8. The Kier molecular flexibility index (Phi) is 8.28. The van der Waals surface area contributed by atoms with Crippen LogP contribution in [-0.4, -0.2) is 52.4 Å². The summed E-state index contributed by atoms with van der Waals surface area (Å²) in [4.78, 5) is 2.51. The van der Waals surface area contributed by atoms with Crippen LogP contribution in [0.25, 0.3) is 0 Å². The summed E-state index contributed by atoms with van der Waals surface area (Å²) in [6, 6.07) is 22.8. The molecule has 1 fully saturated rings. The normalized spacial score (nSPS) is 15.3. The minimum atomic E-state index is 0.0526. The third-order valence-corrected chi connectivity index (χ3v) is 6.19. The van der Waals surface area contributed by atoms with E-state index in [0.29, 0.717) is 23.9 Å². The van der Waals surface area contributed by atoms with Crippen LogP contribution in [0.5, 0.6) is 23.0 Å². The van der Waals surface area contributed by atoms with Crippen molar-refractivity contribution in [1.82, 2.24) is 10.2 Å². The van der Waals surface area contributed by atoms with Crippen LogP contribution in [0.15, 0.2) is 66.7 Å². The van der Waals surface area contributed by atoms with E-state index in [2.05, 4.69) is 58.7 Å². The Hall–Kier alpha value is -3.22. The van der Waals surface area contributed by atoms with E-state index < -0.39 is 0 Å².